The maximum absolute atomic E-state index is 12.2. The molecule has 138 valence electrons. The van der Waals surface area contributed by atoms with Crippen molar-refractivity contribution in [2.24, 2.45) is 0 Å². The summed E-state index contributed by atoms with van der Waals surface area (Å²) in [5.74, 6) is 0.385. The first-order valence-electron chi connectivity index (χ1n) is 7.90. The van der Waals surface area contributed by atoms with Gasteiger partial charge >= 0.3 is 5.97 Å². The summed E-state index contributed by atoms with van der Waals surface area (Å²) in [4.78, 5) is 23.2. The summed E-state index contributed by atoms with van der Waals surface area (Å²) in [5.41, 5.74) is 1.16. The number of carboxylic acids is 1. The van der Waals surface area contributed by atoms with Crippen molar-refractivity contribution >= 4 is 11.9 Å². The van der Waals surface area contributed by atoms with Gasteiger partial charge in [-0.25, -0.2) is 4.79 Å². The lowest BCUT2D eigenvalue weighted by molar-refractivity contribution is 0.0697. The Hall–Kier alpha value is -3.22. The molecule has 2 N–H and O–H groups in total. The highest BCUT2D eigenvalue weighted by molar-refractivity contribution is 5.97. The summed E-state index contributed by atoms with van der Waals surface area (Å²) in [7, 11) is 4.65. The lowest BCUT2D eigenvalue weighted by Gasteiger charge is -2.15. The number of aromatic carboxylic acids is 1. The van der Waals surface area contributed by atoms with Crippen LogP contribution in [0.25, 0.3) is 0 Å². The van der Waals surface area contributed by atoms with Crippen LogP contribution in [0.3, 0.4) is 0 Å². The van der Waals surface area contributed by atoms with E-state index >= 15 is 0 Å². The number of hydrogen-bond donors (Lipinski definition) is 2. The van der Waals surface area contributed by atoms with Crippen LogP contribution in [-0.4, -0.2) is 44.9 Å². The zero-order valence-electron chi connectivity index (χ0n) is 14.9. The smallest absolute Gasteiger partial charge is 0.335 e. The van der Waals surface area contributed by atoms with Crippen LogP contribution < -0.4 is 19.5 Å². The van der Waals surface area contributed by atoms with E-state index in [9.17, 15) is 9.59 Å². The van der Waals surface area contributed by atoms with Crippen LogP contribution in [0.5, 0.6) is 17.2 Å². The van der Waals surface area contributed by atoms with Crippen LogP contribution in [0, 0.1) is 0 Å². The van der Waals surface area contributed by atoms with Crippen LogP contribution in [0.15, 0.2) is 36.4 Å². The minimum atomic E-state index is -1.08. The van der Waals surface area contributed by atoms with Crippen LogP contribution in [0.4, 0.5) is 0 Å². The van der Waals surface area contributed by atoms with E-state index in [4.69, 9.17) is 19.3 Å². The molecule has 0 unspecified atom stereocenters. The van der Waals surface area contributed by atoms with Crippen LogP contribution >= 0.6 is 0 Å². The molecule has 0 bridgehead atoms. The predicted molar refractivity (Wildman–Crippen MR) is 95.5 cm³/mol. The second-order valence-corrected chi connectivity index (χ2v) is 5.40. The molecule has 2 rings (SSSR count). The molecule has 0 atom stereocenters. The summed E-state index contributed by atoms with van der Waals surface area (Å²) in [6.45, 7) is 0.329. The number of benzene rings is 2. The van der Waals surface area contributed by atoms with Gasteiger partial charge in [-0.05, 0) is 24.6 Å². The molecule has 1 amide bonds. The van der Waals surface area contributed by atoms with E-state index in [1.165, 1.54) is 18.2 Å². The van der Waals surface area contributed by atoms with Crippen molar-refractivity contribution in [3.8, 4) is 17.2 Å². The van der Waals surface area contributed by atoms with E-state index in [2.05, 4.69) is 5.32 Å². The van der Waals surface area contributed by atoms with Gasteiger partial charge in [0, 0.05) is 29.8 Å². The molecule has 26 heavy (non-hydrogen) atoms. The first-order chi connectivity index (χ1) is 12.5. The quantitative estimate of drug-likeness (QED) is 0.752. The van der Waals surface area contributed by atoms with Gasteiger partial charge in [-0.3, -0.25) is 4.79 Å². The molecule has 0 saturated carbocycles. The Morgan fingerprint density at radius 3 is 2.12 bits per heavy atom. The molecule has 0 spiro atoms. The third kappa shape index (κ3) is 4.44. The Morgan fingerprint density at radius 2 is 1.58 bits per heavy atom. The number of carbonyl (C=O) groups excluding carboxylic acids is 1. The Kier molecular flexibility index (Phi) is 6.43. The fourth-order valence-corrected chi connectivity index (χ4v) is 2.52. The van der Waals surface area contributed by atoms with E-state index in [0.717, 1.165) is 5.56 Å². The van der Waals surface area contributed by atoms with Crippen molar-refractivity contribution in [1.29, 1.82) is 0 Å². The number of amides is 1. The molecule has 0 heterocycles. The normalized spacial score (nSPS) is 10.1. The number of ether oxygens (including phenoxy) is 3. The molecule has 0 aromatic heterocycles. The highest BCUT2D eigenvalue weighted by atomic mass is 16.5. The van der Waals surface area contributed by atoms with Crippen molar-refractivity contribution in [3.05, 3.63) is 53.1 Å². The summed E-state index contributed by atoms with van der Waals surface area (Å²) in [6, 6.07) is 9.37. The Bertz CT molecular complexity index is 777. The first-order valence-corrected chi connectivity index (χ1v) is 7.90. The average Bonchev–Trinajstić information content (AvgIpc) is 2.67. The van der Waals surface area contributed by atoms with Crippen LogP contribution in [-0.2, 0) is 6.42 Å². The van der Waals surface area contributed by atoms with Crippen LogP contribution in [0.1, 0.15) is 26.3 Å². The van der Waals surface area contributed by atoms with Gasteiger partial charge in [0.25, 0.3) is 5.91 Å². The third-order valence-corrected chi connectivity index (χ3v) is 3.85. The van der Waals surface area contributed by atoms with Gasteiger partial charge in [0.05, 0.1) is 26.9 Å². The molecule has 0 saturated heterocycles. The maximum atomic E-state index is 12.2. The average molecular weight is 359 g/mol. The molecular weight excluding hydrogens is 338 g/mol. The molecule has 2 aromatic carbocycles. The number of rotatable bonds is 8. The van der Waals surface area contributed by atoms with E-state index in [-0.39, 0.29) is 11.5 Å². The maximum Gasteiger partial charge on any atom is 0.335 e. The summed E-state index contributed by atoms with van der Waals surface area (Å²) >= 11 is 0. The number of nitrogens with one attached hydrogen (secondary N) is 1. The molecule has 7 heteroatoms. The number of carbonyl (C=O) groups is 2. The Morgan fingerprint density at radius 1 is 0.962 bits per heavy atom. The highest BCUT2D eigenvalue weighted by Gasteiger charge is 2.14. The molecule has 2 aromatic rings. The lowest BCUT2D eigenvalue weighted by atomic mass is 10.1. The second kappa shape index (κ2) is 8.75. The van der Waals surface area contributed by atoms with E-state index in [1.54, 1.807) is 39.5 Å². The van der Waals surface area contributed by atoms with Gasteiger partial charge in [-0.2, -0.15) is 0 Å². The van der Waals surface area contributed by atoms with Gasteiger partial charge in [0.2, 0.25) is 0 Å². The third-order valence-electron chi connectivity index (χ3n) is 3.85. The number of hydrogen-bond acceptors (Lipinski definition) is 5. The SMILES string of the molecule is COc1cc(OC)c(CCNC(=O)c2cccc(C(=O)O)c2)c(OC)c1. The van der Waals surface area contributed by atoms with E-state index in [0.29, 0.717) is 35.8 Å². The molecular formula is C19H21NO6. The van der Waals surface area contributed by atoms with Crippen molar-refractivity contribution in [2.75, 3.05) is 27.9 Å². The summed E-state index contributed by atoms with van der Waals surface area (Å²) < 4.78 is 16.0. The summed E-state index contributed by atoms with van der Waals surface area (Å²) in [6.07, 6.45) is 0.473. The van der Waals surface area contributed by atoms with Gasteiger partial charge in [0.1, 0.15) is 17.2 Å². The molecule has 7 nitrogen and oxygen atoms in total. The second-order valence-electron chi connectivity index (χ2n) is 5.40. The minimum Gasteiger partial charge on any atom is -0.496 e. The van der Waals surface area contributed by atoms with Crippen molar-refractivity contribution in [2.45, 2.75) is 6.42 Å². The Balaban J connectivity index is 2.08. The first kappa shape index (κ1) is 19.1. The van der Waals surface area contributed by atoms with Crippen molar-refractivity contribution in [1.82, 2.24) is 5.32 Å². The van der Waals surface area contributed by atoms with Crippen molar-refractivity contribution < 1.29 is 28.9 Å². The number of methoxy groups -OCH3 is 3. The van der Waals surface area contributed by atoms with E-state index < -0.39 is 5.97 Å². The van der Waals surface area contributed by atoms with Crippen molar-refractivity contribution in [3.63, 3.8) is 0 Å². The Labute approximate surface area is 151 Å². The zero-order chi connectivity index (χ0) is 19.1. The lowest BCUT2D eigenvalue weighted by Crippen LogP contribution is -2.26. The van der Waals surface area contributed by atoms with Gasteiger partial charge in [-0.1, -0.05) is 6.07 Å². The standard InChI is InChI=1S/C19H21NO6/c1-24-14-10-16(25-2)15(17(11-14)26-3)7-8-20-18(21)12-5-4-6-13(9-12)19(22)23/h4-6,9-11H,7-8H2,1-3H3,(H,20,21)(H,22,23). The van der Waals surface area contributed by atoms with Gasteiger partial charge < -0.3 is 24.6 Å². The predicted octanol–water partition coefficient (Wildman–Crippen LogP) is 2.38. The fraction of sp³-hybridized carbons (Fsp3) is 0.263. The largest absolute Gasteiger partial charge is 0.496 e. The molecule has 0 aliphatic rings. The minimum absolute atomic E-state index is 0.0659. The molecule has 0 aliphatic heterocycles. The zero-order valence-corrected chi connectivity index (χ0v) is 14.9. The molecule has 0 aliphatic carbocycles. The van der Waals surface area contributed by atoms with E-state index in [1.807, 2.05) is 0 Å². The summed E-state index contributed by atoms with van der Waals surface area (Å²) in [5, 5.41) is 11.8. The van der Waals surface area contributed by atoms with Crippen LogP contribution in [0.2, 0.25) is 0 Å². The topological polar surface area (TPSA) is 94.1 Å². The highest BCUT2D eigenvalue weighted by Crippen LogP contribution is 2.34. The van der Waals surface area contributed by atoms with Gasteiger partial charge in [0.15, 0.2) is 0 Å². The monoisotopic (exact) mass is 359 g/mol. The molecule has 0 fully saturated rings. The fourth-order valence-electron chi connectivity index (χ4n) is 2.52. The van der Waals surface area contributed by atoms with Gasteiger partial charge in [-0.15, -0.1) is 0 Å². The number of carboxylic acid groups (broad SMARTS) is 1. The molecule has 0 radical (unpaired) electrons.